The smallest absolute Gasteiger partial charge is 0.266 e. The summed E-state index contributed by atoms with van der Waals surface area (Å²) in [5, 5.41) is 0. The fourth-order valence-corrected chi connectivity index (χ4v) is 3.28. The molecular formula is C19H16N2O3. The second kappa shape index (κ2) is 5.60. The minimum atomic E-state index is -0.308. The van der Waals surface area contributed by atoms with Crippen molar-refractivity contribution < 1.29 is 14.4 Å². The van der Waals surface area contributed by atoms with E-state index in [2.05, 4.69) is 0 Å². The van der Waals surface area contributed by atoms with Gasteiger partial charge in [-0.3, -0.25) is 14.4 Å². The van der Waals surface area contributed by atoms with Crippen molar-refractivity contribution in [3.8, 4) is 0 Å². The van der Waals surface area contributed by atoms with Gasteiger partial charge in [-0.25, -0.2) is 4.90 Å². The van der Waals surface area contributed by atoms with Crippen molar-refractivity contribution in [3.63, 3.8) is 0 Å². The van der Waals surface area contributed by atoms with E-state index in [1.54, 1.807) is 53.4 Å². The molecule has 0 aromatic heterocycles. The van der Waals surface area contributed by atoms with Crippen LogP contribution in [0.4, 0.5) is 11.4 Å². The number of imide groups is 1. The Morgan fingerprint density at radius 2 is 1.29 bits per heavy atom. The number of fused-ring (bicyclic) bond motifs is 1. The van der Waals surface area contributed by atoms with Crippen molar-refractivity contribution in [1.82, 2.24) is 0 Å². The average molecular weight is 320 g/mol. The Hall–Kier alpha value is -2.95. The molecular weight excluding hydrogens is 304 g/mol. The summed E-state index contributed by atoms with van der Waals surface area (Å²) in [5.41, 5.74) is 2.19. The molecule has 2 heterocycles. The molecule has 1 fully saturated rings. The maximum absolute atomic E-state index is 12.5. The number of rotatable bonds is 2. The molecule has 5 heteroatoms. The van der Waals surface area contributed by atoms with Gasteiger partial charge < -0.3 is 4.90 Å². The zero-order valence-electron chi connectivity index (χ0n) is 13.1. The molecule has 0 radical (unpaired) electrons. The van der Waals surface area contributed by atoms with Crippen LogP contribution in [0.3, 0.4) is 0 Å². The lowest BCUT2D eigenvalue weighted by Gasteiger charge is -2.27. The molecule has 0 bridgehead atoms. The molecule has 2 aliphatic rings. The second-order valence-electron chi connectivity index (χ2n) is 6.01. The molecule has 0 atom stereocenters. The molecule has 0 spiro atoms. The van der Waals surface area contributed by atoms with E-state index < -0.39 is 0 Å². The van der Waals surface area contributed by atoms with E-state index in [9.17, 15) is 14.4 Å². The van der Waals surface area contributed by atoms with Crippen molar-refractivity contribution in [3.05, 3.63) is 59.7 Å². The minimum Gasteiger partial charge on any atom is -0.312 e. The number of hydrogen-bond donors (Lipinski definition) is 0. The molecule has 1 saturated heterocycles. The summed E-state index contributed by atoms with van der Waals surface area (Å²) in [6, 6.07) is 13.9. The SMILES string of the molecule is O=C1CCCCN1c1ccc(N2C(=O)c3ccccc3C2=O)cc1. The molecule has 0 N–H and O–H groups in total. The first-order valence-electron chi connectivity index (χ1n) is 8.05. The van der Waals surface area contributed by atoms with Crippen LogP contribution in [0.25, 0.3) is 0 Å². The van der Waals surface area contributed by atoms with E-state index in [4.69, 9.17) is 0 Å². The Bertz CT molecular complexity index is 807. The van der Waals surface area contributed by atoms with Crippen LogP contribution in [-0.2, 0) is 4.79 Å². The number of carbonyl (C=O) groups excluding carboxylic acids is 3. The third-order valence-electron chi connectivity index (χ3n) is 4.54. The zero-order valence-corrected chi connectivity index (χ0v) is 13.1. The van der Waals surface area contributed by atoms with Crippen molar-refractivity contribution in [2.75, 3.05) is 16.3 Å². The average Bonchev–Trinajstić information content (AvgIpc) is 2.87. The summed E-state index contributed by atoms with van der Waals surface area (Å²) in [7, 11) is 0. The third-order valence-corrected chi connectivity index (χ3v) is 4.54. The standard InChI is InChI=1S/C19H16N2O3/c22-17-7-3-4-12-20(17)13-8-10-14(11-9-13)21-18(23)15-5-1-2-6-16(15)19(21)24/h1-2,5-6,8-11H,3-4,7,12H2. The van der Waals surface area contributed by atoms with Gasteiger partial charge in [0.05, 0.1) is 16.8 Å². The molecule has 2 aromatic rings. The van der Waals surface area contributed by atoms with Crippen LogP contribution >= 0.6 is 0 Å². The van der Waals surface area contributed by atoms with Crippen LogP contribution in [0.2, 0.25) is 0 Å². The second-order valence-corrected chi connectivity index (χ2v) is 6.01. The summed E-state index contributed by atoms with van der Waals surface area (Å²) in [6.07, 6.45) is 2.49. The first kappa shape index (κ1) is 14.6. The van der Waals surface area contributed by atoms with Crippen molar-refractivity contribution >= 4 is 29.1 Å². The highest BCUT2D eigenvalue weighted by Crippen LogP contribution is 2.30. The van der Waals surface area contributed by atoms with Crippen LogP contribution in [0.15, 0.2) is 48.5 Å². The van der Waals surface area contributed by atoms with Gasteiger partial charge in [0, 0.05) is 18.7 Å². The van der Waals surface area contributed by atoms with Gasteiger partial charge >= 0.3 is 0 Å². The van der Waals surface area contributed by atoms with E-state index in [0.717, 1.165) is 18.5 Å². The molecule has 5 nitrogen and oxygen atoms in total. The number of anilines is 2. The molecule has 2 aromatic carbocycles. The number of nitrogens with zero attached hydrogens (tertiary/aromatic N) is 2. The van der Waals surface area contributed by atoms with Crippen molar-refractivity contribution in [2.45, 2.75) is 19.3 Å². The first-order chi connectivity index (χ1) is 11.7. The van der Waals surface area contributed by atoms with Gasteiger partial charge in [-0.2, -0.15) is 0 Å². The van der Waals surface area contributed by atoms with Gasteiger partial charge in [0.2, 0.25) is 5.91 Å². The Morgan fingerprint density at radius 3 is 1.88 bits per heavy atom. The Balaban J connectivity index is 1.63. The first-order valence-corrected chi connectivity index (χ1v) is 8.05. The molecule has 3 amide bonds. The topological polar surface area (TPSA) is 57.7 Å². The van der Waals surface area contributed by atoms with Gasteiger partial charge in [0.1, 0.15) is 0 Å². The lowest BCUT2D eigenvalue weighted by molar-refractivity contribution is -0.119. The largest absolute Gasteiger partial charge is 0.312 e. The highest BCUT2D eigenvalue weighted by molar-refractivity contribution is 6.34. The Kier molecular flexibility index (Phi) is 3.41. The summed E-state index contributed by atoms with van der Waals surface area (Å²) in [4.78, 5) is 39.9. The molecule has 120 valence electrons. The van der Waals surface area contributed by atoms with E-state index in [-0.39, 0.29) is 17.7 Å². The Labute approximate surface area is 139 Å². The summed E-state index contributed by atoms with van der Waals surface area (Å²) < 4.78 is 0. The van der Waals surface area contributed by atoms with Crippen molar-refractivity contribution in [2.24, 2.45) is 0 Å². The molecule has 0 saturated carbocycles. The fourth-order valence-electron chi connectivity index (χ4n) is 3.28. The van der Waals surface area contributed by atoms with E-state index in [0.29, 0.717) is 29.8 Å². The highest BCUT2D eigenvalue weighted by Gasteiger charge is 2.36. The van der Waals surface area contributed by atoms with Crippen LogP contribution in [0, 0.1) is 0 Å². The van der Waals surface area contributed by atoms with Crippen LogP contribution in [0.1, 0.15) is 40.0 Å². The maximum atomic E-state index is 12.5. The third kappa shape index (κ3) is 2.21. The van der Waals surface area contributed by atoms with Gasteiger partial charge in [0.15, 0.2) is 0 Å². The summed E-state index contributed by atoms with van der Waals surface area (Å²) in [6.45, 7) is 0.713. The summed E-state index contributed by atoms with van der Waals surface area (Å²) in [5.74, 6) is -0.496. The van der Waals surface area contributed by atoms with Crippen molar-refractivity contribution in [1.29, 1.82) is 0 Å². The van der Waals surface area contributed by atoms with E-state index >= 15 is 0 Å². The summed E-state index contributed by atoms with van der Waals surface area (Å²) >= 11 is 0. The lowest BCUT2D eigenvalue weighted by Crippen LogP contribution is -2.35. The highest BCUT2D eigenvalue weighted by atomic mass is 16.2. The van der Waals surface area contributed by atoms with Crippen LogP contribution in [-0.4, -0.2) is 24.3 Å². The molecule has 0 unspecified atom stereocenters. The van der Waals surface area contributed by atoms with E-state index in [1.165, 1.54) is 4.90 Å². The van der Waals surface area contributed by atoms with Crippen LogP contribution in [0.5, 0.6) is 0 Å². The zero-order chi connectivity index (χ0) is 16.7. The van der Waals surface area contributed by atoms with Gasteiger partial charge in [0.25, 0.3) is 11.8 Å². The van der Waals surface area contributed by atoms with Gasteiger partial charge in [-0.05, 0) is 49.2 Å². The molecule has 24 heavy (non-hydrogen) atoms. The number of hydrogen-bond acceptors (Lipinski definition) is 3. The van der Waals surface area contributed by atoms with E-state index in [1.807, 2.05) is 0 Å². The van der Waals surface area contributed by atoms with Gasteiger partial charge in [-0.1, -0.05) is 12.1 Å². The fraction of sp³-hybridized carbons (Fsp3) is 0.211. The van der Waals surface area contributed by atoms with Crippen LogP contribution < -0.4 is 9.80 Å². The molecule has 2 aliphatic heterocycles. The quantitative estimate of drug-likeness (QED) is 0.799. The monoisotopic (exact) mass is 320 g/mol. The van der Waals surface area contributed by atoms with Gasteiger partial charge in [-0.15, -0.1) is 0 Å². The minimum absolute atomic E-state index is 0.120. The number of benzene rings is 2. The predicted octanol–water partition coefficient (Wildman–Crippen LogP) is 3.00. The number of carbonyl (C=O) groups is 3. The lowest BCUT2D eigenvalue weighted by atomic mass is 10.1. The number of piperidine rings is 1. The normalized spacial score (nSPS) is 17.4. The molecule has 4 rings (SSSR count). The Morgan fingerprint density at radius 1 is 0.708 bits per heavy atom. The maximum Gasteiger partial charge on any atom is 0.266 e. The predicted molar refractivity (Wildman–Crippen MR) is 90.2 cm³/mol. The molecule has 0 aliphatic carbocycles. The number of amides is 3.